The van der Waals surface area contributed by atoms with Gasteiger partial charge in [0.25, 0.3) is 5.78 Å². The van der Waals surface area contributed by atoms with Crippen LogP contribution in [0.15, 0.2) is 42.0 Å². The van der Waals surface area contributed by atoms with E-state index in [1.165, 1.54) is 26.4 Å². The molecular weight excluding hydrogens is 515 g/mol. The van der Waals surface area contributed by atoms with Crippen LogP contribution in [0.4, 0.5) is 9.52 Å². The Morgan fingerprint density at radius 1 is 1.13 bits per heavy atom. The molecule has 9 nitrogen and oxygen atoms in total. The van der Waals surface area contributed by atoms with Gasteiger partial charge in [0, 0.05) is 5.56 Å². The Hall–Kier alpha value is -4.25. The number of aliphatic hydroxyl groups excluding tert-OH is 1. The van der Waals surface area contributed by atoms with Crippen molar-refractivity contribution < 1.29 is 38.1 Å². The number of carbonyl (C=O) groups is 3. The molecule has 1 amide bonds. The Balaban J connectivity index is 1.97. The van der Waals surface area contributed by atoms with E-state index in [2.05, 4.69) is 4.98 Å². The Bertz CT molecular complexity index is 1480. The number of methoxy groups -OCH3 is 2. The van der Waals surface area contributed by atoms with E-state index in [9.17, 15) is 23.9 Å². The van der Waals surface area contributed by atoms with Crippen molar-refractivity contribution in [2.75, 3.05) is 25.7 Å². The van der Waals surface area contributed by atoms with Gasteiger partial charge in [-0.1, -0.05) is 29.5 Å². The van der Waals surface area contributed by atoms with Gasteiger partial charge >= 0.3 is 11.9 Å². The zero-order valence-electron chi connectivity index (χ0n) is 21.3. The number of thiazole rings is 1. The van der Waals surface area contributed by atoms with E-state index in [0.717, 1.165) is 22.3 Å². The lowest BCUT2D eigenvalue weighted by Gasteiger charge is -2.24. The molecule has 2 heterocycles. The molecule has 11 heteroatoms. The van der Waals surface area contributed by atoms with E-state index < -0.39 is 35.3 Å². The first-order valence-electron chi connectivity index (χ1n) is 11.6. The molecule has 1 aliphatic heterocycles. The van der Waals surface area contributed by atoms with Gasteiger partial charge in [0.1, 0.15) is 16.5 Å². The fraction of sp³-hybridized carbons (Fsp3) is 0.259. The Labute approximate surface area is 222 Å². The summed E-state index contributed by atoms with van der Waals surface area (Å²) in [5.41, 5.74) is 0.813. The van der Waals surface area contributed by atoms with Gasteiger partial charge in [-0.15, -0.1) is 0 Å². The zero-order valence-corrected chi connectivity index (χ0v) is 22.1. The third kappa shape index (κ3) is 4.60. The third-order valence-electron chi connectivity index (χ3n) is 6.06. The summed E-state index contributed by atoms with van der Waals surface area (Å²) < 4.78 is 30.2. The van der Waals surface area contributed by atoms with Crippen molar-refractivity contribution >= 4 is 39.9 Å². The van der Waals surface area contributed by atoms with Crippen molar-refractivity contribution in [2.24, 2.45) is 0 Å². The second-order valence-corrected chi connectivity index (χ2v) is 9.36. The summed E-state index contributed by atoms with van der Waals surface area (Å²) in [4.78, 5) is 44.6. The van der Waals surface area contributed by atoms with Crippen LogP contribution < -0.4 is 14.4 Å². The Kier molecular flexibility index (Phi) is 7.49. The van der Waals surface area contributed by atoms with E-state index in [1.54, 1.807) is 32.0 Å². The SMILES string of the molecule is CCOc1ccc(C2/C(=C(\O)c3ccc(C)c(F)c3)C(=O)C(=O)N2c2nc(C)c(C(=O)OC)s2)cc1OC. The standard InChI is InChI=1S/C27H25FN2O7S/c1-6-37-18-10-9-15(12-19(18)35-4)21-20(22(31)16-8-7-13(2)17(28)11-16)23(32)25(33)30(21)27-29-14(3)24(38-27)26(34)36-5/h7-12,21,31H,6H2,1-5H3/b22-20+. The van der Waals surface area contributed by atoms with Crippen LogP contribution in [0.5, 0.6) is 11.5 Å². The molecule has 4 rings (SSSR count). The van der Waals surface area contributed by atoms with E-state index in [0.29, 0.717) is 34.9 Å². The minimum atomic E-state index is -1.17. The van der Waals surface area contributed by atoms with E-state index in [1.807, 2.05) is 6.92 Å². The van der Waals surface area contributed by atoms with Crippen molar-refractivity contribution in [1.82, 2.24) is 4.98 Å². The number of aromatic nitrogens is 1. The van der Waals surface area contributed by atoms with Crippen molar-refractivity contribution in [3.8, 4) is 11.5 Å². The molecule has 1 N–H and O–H groups in total. The summed E-state index contributed by atoms with van der Waals surface area (Å²) in [5.74, 6) is -2.96. The molecule has 0 spiro atoms. The number of anilines is 1. The van der Waals surface area contributed by atoms with Gasteiger partial charge < -0.3 is 19.3 Å². The number of ketones is 1. The lowest BCUT2D eigenvalue weighted by Crippen LogP contribution is -2.29. The first-order valence-corrected chi connectivity index (χ1v) is 12.4. The zero-order chi connectivity index (χ0) is 27.7. The lowest BCUT2D eigenvalue weighted by molar-refractivity contribution is -0.132. The van der Waals surface area contributed by atoms with Crippen LogP contribution in [0.3, 0.4) is 0 Å². The van der Waals surface area contributed by atoms with Crippen molar-refractivity contribution in [1.29, 1.82) is 0 Å². The molecule has 3 aromatic rings. The molecule has 0 radical (unpaired) electrons. The molecular formula is C27H25FN2O7S. The first-order chi connectivity index (χ1) is 18.1. The fourth-order valence-electron chi connectivity index (χ4n) is 4.14. The maximum Gasteiger partial charge on any atom is 0.350 e. The van der Waals surface area contributed by atoms with Gasteiger partial charge in [-0.25, -0.2) is 14.2 Å². The summed E-state index contributed by atoms with van der Waals surface area (Å²) in [7, 11) is 2.67. The Morgan fingerprint density at radius 3 is 2.50 bits per heavy atom. The van der Waals surface area contributed by atoms with Crippen LogP contribution in [0, 0.1) is 19.7 Å². The molecule has 0 bridgehead atoms. The number of esters is 1. The van der Waals surface area contributed by atoms with Crippen molar-refractivity contribution in [3.63, 3.8) is 0 Å². The first kappa shape index (κ1) is 26.8. The molecule has 0 saturated carbocycles. The summed E-state index contributed by atoms with van der Waals surface area (Å²) in [5, 5.41) is 11.3. The maximum absolute atomic E-state index is 14.4. The van der Waals surface area contributed by atoms with Crippen LogP contribution in [0.2, 0.25) is 0 Å². The molecule has 1 aliphatic rings. The predicted octanol–water partition coefficient (Wildman–Crippen LogP) is 4.72. The summed E-state index contributed by atoms with van der Waals surface area (Å²) >= 11 is 0.876. The number of hydrogen-bond donors (Lipinski definition) is 1. The number of hydrogen-bond acceptors (Lipinski definition) is 9. The largest absolute Gasteiger partial charge is 0.507 e. The van der Waals surface area contributed by atoms with Gasteiger partial charge in [0.2, 0.25) is 0 Å². The van der Waals surface area contributed by atoms with Gasteiger partial charge in [-0.2, -0.15) is 0 Å². The summed E-state index contributed by atoms with van der Waals surface area (Å²) in [6.45, 7) is 5.33. The van der Waals surface area contributed by atoms with Crippen LogP contribution in [-0.2, 0) is 14.3 Å². The van der Waals surface area contributed by atoms with Crippen LogP contribution in [0.1, 0.15) is 45.0 Å². The van der Waals surface area contributed by atoms with Crippen LogP contribution >= 0.6 is 11.3 Å². The van der Waals surface area contributed by atoms with Gasteiger partial charge in [-0.05, 0) is 50.1 Å². The molecule has 1 saturated heterocycles. The number of rotatable bonds is 7. The maximum atomic E-state index is 14.4. The fourth-order valence-corrected chi connectivity index (χ4v) is 5.15. The smallest absolute Gasteiger partial charge is 0.350 e. The molecule has 1 fully saturated rings. The van der Waals surface area contributed by atoms with Gasteiger partial charge in [0.05, 0.1) is 38.1 Å². The highest BCUT2D eigenvalue weighted by molar-refractivity contribution is 7.17. The van der Waals surface area contributed by atoms with Crippen molar-refractivity contribution in [2.45, 2.75) is 26.8 Å². The number of amides is 1. The predicted molar refractivity (Wildman–Crippen MR) is 138 cm³/mol. The molecule has 198 valence electrons. The van der Waals surface area contributed by atoms with Crippen LogP contribution in [-0.4, -0.2) is 48.6 Å². The van der Waals surface area contributed by atoms with E-state index in [-0.39, 0.29) is 21.1 Å². The number of benzene rings is 2. The summed E-state index contributed by atoms with van der Waals surface area (Å²) in [6.07, 6.45) is 0. The van der Waals surface area contributed by atoms with E-state index >= 15 is 0 Å². The number of Topliss-reactive ketones (excluding diaryl/α,β-unsaturated/α-hetero) is 1. The second kappa shape index (κ2) is 10.6. The topological polar surface area (TPSA) is 115 Å². The number of halogens is 1. The number of ether oxygens (including phenoxy) is 3. The highest BCUT2D eigenvalue weighted by Gasteiger charge is 2.48. The average molecular weight is 541 g/mol. The molecule has 38 heavy (non-hydrogen) atoms. The Morgan fingerprint density at radius 2 is 1.87 bits per heavy atom. The second-order valence-electron chi connectivity index (χ2n) is 8.38. The highest BCUT2D eigenvalue weighted by atomic mass is 32.1. The van der Waals surface area contributed by atoms with Crippen LogP contribution in [0.25, 0.3) is 5.76 Å². The monoisotopic (exact) mass is 540 g/mol. The summed E-state index contributed by atoms with van der Waals surface area (Å²) in [6, 6.07) is 7.68. The minimum Gasteiger partial charge on any atom is -0.507 e. The lowest BCUT2D eigenvalue weighted by atomic mass is 9.94. The molecule has 1 aromatic heterocycles. The number of carbonyl (C=O) groups excluding carboxylic acids is 3. The minimum absolute atomic E-state index is 0.0274. The number of aryl methyl sites for hydroxylation is 2. The normalized spacial score (nSPS) is 16.6. The molecule has 2 aromatic carbocycles. The quantitative estimate of drug-likeness (QED) is 0.198. The third-order valence-corrected chi connectivity index (χ3v) is 7.19. The van der Waals surface area contributed by atoms with Crippen molar-refractivity contribution in [3.05, 3.63) is 75.0 Å². The molecule has 0 aliphatic carbocycles. The van der Waals surface area contributed by atoms with Gasteiger partial charge in [0.15, 0.2) is 16.6 Å². The average Bonchev–Trinajstić information content (AvgIpc) is 3.41. The number of nitrogens with zero attached hydrogens (tertiary/aromatic N) is 2. The number of aliphatic hydroxyl groups is 1. The molecule has 1 atom stereocenters. The highest BCUT2D eigenvalue weighted by Crippen LogP contribution is 2.45. The van der Waals surface area contributed by atoms with E-state index in [4.69, 9.17) is 14.2 Å². The molecule has 1 unspecified atom stereocenters. The van der Waals surface area contributed by atoms with Gasteiger partial charge in [-0.3, -0.25) is 14.5 Å².